The summed E-state index contributed by atoms with van der Waals surface area (Å²) in [6.07, 6.45) is 20.0. The number of ether oxygens (including phenoxy) is 1. The van der Waals surface area contributed by atoms with E-state index in [-0.39, 0.29) is 48.9 Å². The maximum atomic E-state index is 12.8. The van der Waals surface area contributed by atoms with Crippen LogP contribution in [0, 0.1) is 28.6 Å². The highest BCUT2D eigenvalue weighted by Gasteiger charge is 2.71. The second-order valence-electron chi connectivity index (χ2n) is 11.9. The van der Waals surface area contributed by atoms with Gasteiger partial charge in [0.2, 0.25) is 0 Å². The number of aldehydes is 1. The fourth-order valence-corrected chi connectivity index (χ4v) is 7.64. The van der Waals surface area contributed by atoms with Crippen LogP contribution < -0.4 is 0 Å². The van der Waals surface area contributed by atoms with E-state index in [1.165, 1.54) is 12.8 Å². The van der Waals surface area contributed by atoms with Crippen molar-refractivity contribution in [2.24, 2.45) is 28.6 Å². The van der Waals surface area contributed by atoms with Crippen LogP contribution in [-0.4, -0.2) is 52.9 Å². The molecule has 2 fully saturated rings. The average molecular weight is 533 g/mol. The second-order valence-corrected chi connectivity index (χ2v) is 11.9. The van der Waals surface area contributed by atoms with E-state index in [0.717, 1.165) is 70.5 Å². The Morgan fingerprint density at radius 1 is 0.974 bits per heavy atom. The maximum absolute atomic E-state index is 12.8. The van der Waals surface area contributed by atoms with E-state index in [2.05, 4.69) is 12.2 Å². The summed E-state index contributed by atoms with van der Waals surface area (Å²) in [6.45, 7) is 2.06. The molecule has 0 radical (unpaired) electrons. The van der Waals surface area contributed by atoms with Crippen molar-refractivity contribution >= 4 is 18.2 Å². The smallest absolute Gasteiger partial charge is 0.331 e. The Balaban J connectivity index is 1.43. The quantitative estimate of drug-likeness (QED) is 0.0937. The van der Waals surface area contributed by atoms with E-state index in [9.17, 15) is 24.6 Å². The van der Waals surface area contributed by atoms with E-state index in [4.69, 9.17) is 9.84 Å². The Morgan fingerprint density at radius 3 is 2.21 bits per heavy atom. The number of carboxylic acids is 1. The highest BCUT2D eigenvalue weighted by atomic mass is 16.5. The van der Waals surface area contributed by atoms with Crippen LogP contribution in [0.3, 0.4) is 0 Å². The number of carbonyl (C=O) groups excluding carboxylic acids is 2. The molecule has 0 amide bonds. The van der Waals surface area contributed by atoms with Gasteiger partial charge < -0.3 is 24.9 Å². The van der Waals surface area contributed by atoms with Gasteiger partial charge in [-0.05, 0) is 75.7 Å². The fourth-order valence-electron chi connectivity index (χ4n) is 7.64. The molecule has 7 heteroatoms. The van der Waals surface area contributed by atoms with Crippen molar-refractivity contribution < 1.29 is 34.4 Å². The van der Waals surface area contributed by atoms with Crippen LogP contribution in [0.2, 0.25) is 0 Å². The monoisotopic (exact) mass is 532 g/mol. The van der Waals surface area contributed by atoms with Crippen molar-refractivity contribution in [3.63, 3.8) is 0 Å². The summed E-state index contributed by atoms with van der Waals surface area (Å²) >= 11 is 0. The van der Waals surface area contributed by atoms with Crippen LogP contribution >= 0.6 is 0 Å². The van der Waals surface area contributed by atoms with Gasteiger partial charge in [0.15, 0.2) is 0 Å². The second kappa shape index (κ2) is 14.4. The fraction of sp³-hybridized carbons (Fsp3) is 0.774. The Bertz CT molecular complexity index is 864. The molecule has 0 saturated heterocycles. The number of aliphatic hydroxyl groups is 2. The lowest BCUT2D eigenvalue weighted by atomic mass is 9.66. The van der Waals surface area contributed by atoms with Crippen molar-refractivity contribution in [1.82, 2.24) is 0 Å². The lowest BCUT2D eigenvalue weighted by Crippen LogP contribution is -2.45. The van der Waals surface area contributed by atoms with E-state index >= 15 is 0 Å². The molecule has 0 aromatic rings. The minimum absolute atomic E-state index is 0.0635. The van der Waals surface area contributed by atoms with Crippen molar-refractivity contribution in [3.05, 3.63) is 23.8 Å². The molecular formula is C31H48O7. The summed E-state index contributed by atoms with van der Waals surface area (Å²) in [6, 6.07) is 0. The first-order chi connectivity index (χ1) is 18.3. The summed E-state index contributed by atoms with van der Waals surface area (Å²) in [5, 5.41) is 29.0. The lowest BCUT2D eigenvalue weighted by Gasteiger charge is -2.42. The number of hydrogen-bond donors (Lipinski definition) is 3. The van der Waals surface area contributed by atoms with Crippen LogP contribution in [-0.2, 0) is 19.1 Å². The maximum Gasteiger partial charge on any atom is 0.331 e. The zero-order chi connectivity index (χ0) is 27.6. The first kappa shape index (κ1) is 30.6. The number of fused-ring (bicyclic) bond motifs is 1. The molecular weight excluding hydrogens is 484 g/mol. The van der Waals surface area contributed by atoms with E-state index in [1.807, 2.05) is 6.92 Å². The number of aliphatic hydroxyl groups excluding tert-OH is 2. The Kier molecular flexibility index (Phi) is 11.6. The van der Waals surface area contributed by atoms with Crippen LogP contribution in [0.5, 0.6) is 0 Å². The summed E-state index contributed by atoms with van der Waals surface area (Å²) in [5.74, 6) is -2.08. The van der Waals surface area contributed by atoms with Crippen LogP contribution in [0.25, 0.3) is 0 Å². The Labute approximate surface area is 227 Å². The normalized spacial score (nSPS) is 31.8. The number of rotatable bonds is 18. The van der Waals surface area contributed by atoms with Gasteiger partial charge in [-0.1, -0.05) is 51.2 Å². The lowest BCUT2D eigenvalue weighted by molar-refractivity contribution is -0.158. The van der Waals surface area contributed by atoms with Crippen molar-refractivity contribution in [1.29, 1.82) is 0 Å². The number of aliphatic carboxylic acids is 1. The molecule has 38 heavy (non-hydrogen) atoms. The van der Waals surface area contributed by atoms with E-state index in [1.54, 1.807) is 6.08 Å². The van der Waals surface area contributed by atoms with Crippen LogP contribution in [0.1, 0.15) is 103 Å². The molecule has 214 valence electrons. The molecule has 0 heterocycles. The van der Waals surface area contributed by atoms with E-state index in [0.29, 0.717) is 12.8 Å². The first-order valence-corrected chi connectivity index (χ1v) is 14.8. The van der Waals surface area contributed by atoms with Gasteiger partial charge in [0.05, 0.1) is 0 Å². The largest absolute Gasteiger partial charge is 0.478 e. The highest BCUT2D eigenvalue weighted by molar-refractivity contribution is 5.88. The zero-order valence-electron chi connectivity index (χ0n) is 23.1. The molecule has 0 aliphatic heterocycles. The van der Waals surface area contributed by atoms with Gasteiger partial charge in [0.25, 0.3) is 0 Å². The third-order valence-electron chi connectivity index (χ3n) is 9.70. The summed E-state index contributed by atoms with van der Waals surface area (Å²) in [7, 11) is 0. The molecule has 3 rings (SSSR count). The minimum atomic E-state index is -1.04. The SMILES string of the molecule is C[C@@]1(CO)[C@@H]2C[C@]3([C@@H](OC(=O)CCCCCCC/C=C\CCCCCCO)C=C2C(=O)O)[C@@H](C=O)CC[C@@H]13. The molecule has 2 bridgehead atoms. The molecule has 0 unspecified atom stereocenters. The van der Waals surface area contributed by atoms with Gasteiger partial charge in [-0.15, -0.1) is 0 Å². The number of hydrogen-bond acceptors (Lipinski definition) is 6. The van der Waals surface area contributed by atoms with Gasteiger partial charge in [0.1, 0.15) is 12.4 Å². The van der Waals surface area contributed by atoms with Crippen molar-refractivity contribution in [2.45, 2.75) is 109 Å². The topological polar surface area (TPSA) is 121 Å². The molecule has 0 aromatic carbocycles. The molecule has 6 atom stereocenters. The molecule has 3 aliphatic carbocycles. The number of allylic oxidation sites excluding steroid dienone is 2. The average Bonchev–Trinajstić information content (AvgIpc) is 3.37. The summed E-state index contributed by atoms with van der Waals surface area (Å²) in [4.78, 5) is 37.0. The summed E-state index contributed by atoms with van der Waals surface area (Å²) < 4.78 is 5.95. The molecule has 0 aromatic heterocycles. The first-order valence-electron chi connectivity index (χ1n) is 14.8. The number of esters is 1. The van der Waals surface area contributed by atoms with Crippen LogP contribution in [0.15, 0.2) is 23.8 Å². The van der Waals surface area contributed by atoms with Crippen molar-refractivity contribution in [3.8, 4) is 0 Å². The van der Waals surface area contributed by atoms with E-state index < -0.39 is 22.9 Å². The summed E-state index contributed by atoms with van der Waals surface area (Å²) in [5.41, 5.74) is -1.05. The Hall–Kier alpha value is -1.99. The Morgan fingerprint density at radius 2 is 1.61 bits per heavy atom. The molecule has 3 aliphatic rings. The third-order valence-corrected chi connectivity index (χ3v) is 9.70. The molecule has 7 nitrogen and oxygen atoms in total. The van der Waals surface area contributed by atoms with Gasteiger partial charge in [-0.25, -0.2) is 4.79 Å². The number of unbranched alkanes of at least 4 members (excludes halogenated alkanes) is 9. The minimum Gasteiger partial charge on any atom is -0.478 e. The standard InChI is InChI=1S/C31H48O7/c1-30(22-34)25-20-31(23(21-33)16-17-26(30)31)27(19-24(25)29(36)37)38-28(35)15-13-11-9-7-5-3-2-4-6-8-10-12-14-18-32/h2,4,19,21,23,25-27,32,34H,3,5-18,20,22H2,1H3,(H,36,37)/b4-2-/t23-,25-,26+,27+,30-,31+/m1/s1. The predicted molar refractivity (Wildman–Crippen MR) is 145 cm³/mol. The van der Waals surface area contributed by atoms with Gasteiger partial charge in [0, 0.05) is 42.0 Å². The highest BCUT2D eigenvalue weighted by Crippen LogP contribution is 2.71. The van der Waals surface area contributed by atoms with Gasteiger partial charge in [-0.3, -0.25) is 4.79 Å². The third kappa shape index (κ3) is 6.59. The number of carboxylic acid groups (broad SMARTS) is 1. The predicted octanol–water partition coefficient (Wildman–Crippen LogP) is 5.38. The van der Waals surface area contributed by atoms with Gasteiger partial charge >= 0.3 is 11.9 Å². The number of carbonyl (C=O) groups is 3. The van der Waals surface area contributed by atoms with Gasteiger partial charge in [-0.2, -0.15) is 0 Å². The zero-order valence-corrected chi connectivity index (χ0v) is 23.1. The molecule has 3 N–H and O–H groups in total. The molecule has 1 spiro atoms. The molecule has 2 saturated carbocycles. The van der Waals surface area contributed by atoms with Crippen molar-refractivity contribution in [2.75, 3.05) is 13.2 Å². The van der Waals surface area contributed by atoms with Crippen LogP contribution in [0.4, 0.5) is 0 Å².